The Kier molecular flexibility index (Phi) is 4.81. The molecule has 0 saturated carbocycles. The van der Waals surface area contributed by atoms with E-state index in [4.69, 9.17) is 10.5 Å². The van der Waals surface area contributed by atoms with Crippen molar-refractivity contribution in [2.24, 2.45) is 16.3 Å². The predicted octanol–water partition coefficient (Wildman–Crippen LogP) is 2.57. The third kappa shape index (κ3) is 3.02. The molecule has 4 N–H and O–H groups in total. The second-order valence-electron chi connectivity index (χ2n) is 8.86. The lowest BCUT2D eigenvalue weighted by Gasteiger charge is -2.49. The monoisotopic (exact) mass is 405 g/mol. The summed E-state index contributed by atoms with van der Waals surface area (Å²) in [6, 6.07) is 8.79. The molecule has 1 aromatic carbocycles. The molecular weight excluding hydrogens is 374 g/mol. The Bertz CT molecular complexity index is 941. The van der Waals surface area contributed by atoms with Crippen LogP contribution in [0.2, 0.25) is 0 Å². The number of benzene rings is 1. The minimum Gasteiger partial charge on any atom is -0.343 e. The van der Waals surface area contributed by atoms with Crippen molar-refractivity contribution in [1.82, 2.24) is 15.6 Å². The van der Waals surface area contributed by atoms with Crippen LogP contribution in [0.25, 0.3) is 0 Å². The Balaban J connectivity index is 1.31. The zero-order valence-electron chi connectivity index (χ0n) is 17.7. The number of hydrazone groups is 1. The molecule has 6 heteroatoms. The first-order valence-corrected chi connectivity index (χ1v) is 10.9. The van der Waals surface area contributed by atoms with Crippen molar-refractivity contribution >= 4 is 5.71 Å². The Morgan fingerprint density at radius 1 is 1.30 bits per heavy atom. The molecule has 1 aliphatic carbocycles. The van der Waals surface area contributed by atoms with Crippen molar-refractivity contribution in [3.63, 3.8) is 0 Å². The molecule has 1 unspecified atom stereocenters. The molecular formula is C24H31N5O. The van der Waals surface area contributed by atoms with Gasteiger partial charge in [0.25, 0.3) is 0 Å². The predicted molar refractivity (Wildman–Crippen MR) is 120 cm³/mol. The van der Waals surface area contributed by atoms with Gasteiger partial charge in [0.05, 0.1) is 5.71 Å². The quantitative estimate of drug-likeness (QED) is 0.718. The Labute approximate surface area is 178 Å². The van der Waals surface area contributed by atoms with Crippen molar-refractivity contribution in [2.45, 2.75) is 37.6 Å². The molecule has 1 saturated heterocycles. The lowest BCUT2D eigenvalue weighted by atomic mass is 9.73. The number of methoxy groups -OCH3 is 1. The van der Waals surface area contributed by atoms with Crippen LogP contribution in [-0.4, -0.2) is 43.2 Å². The first-order chi connectivity index (χ1) is 14.6. The van der Waals surface area contributed by atoms with E-state index in [0.29, 0.717) is 0 Å². The normalized spacial score (nSPS) is 29.7. The Hall–Kier alpha value is -2.41. The fourth-order valence-electron chi connectivity index (χ4n) is 5.50. The van der Waals surface area contributed by atoms with Gasteiger partial charge in [-0.3, -0.25) is 4.90 Å². The largest absolute Gasteiger partial charge is 0.343 e. The molecule has 4 aliphatic rings. The highest BCUT2D eigenvalue weighted by molar-refractivity contribution is 6.04. The number of ether oxygens (including phenoxy) is 1. The van der Waals surface area contributed by atoms with E-state index in [0.717, 1.165) is 62.3 Å². The van der Waals surface area contributed by atoms with Gasteiger partial charge in [-0.05, 0) is 48.0 Å². The number of nitrogens with zero attached hydrogens (tertiary/aromatic N) is 2. The molecule has 5 rings (SSSR count). The summed E-state index contributed by atoms with van der Waals surface area (Å²) in [5.74, 6) is -0.670. The number of piperidine rings is 1. The van der Waals surface area contributed by atoms with Crippen LogP contribution in [0.3, 0.4) is 0 Å². The van der Waals surface area contributed by atoms with Crippen LogP contribution in [-0.2, 0) is 11.2 Å². The van der Waals surface area contributed by atoms with Crippen molar-refractivity contribution in [1.29, 1.82) is 0 Å². The van der Waals surface area contributed by atoms with Gasteiger partial charge in [-0.1, -0.05) is 36.9 Å². The second-order valence-corrected chi connectivity index (χ2v) is 8.86. The van der Waals surface area contributed by atoms with Gasteiger partial charge >= 0.3 is 0 Å². The molecule has 1 fully saturated rings. The highest BCUT2D eigenvalue weighted by Gasteiger charge is 2.49. The third-order valence-corrected chi connectivity index (χ3v) is 7.39. The van der Waals surface area contributed by atoms with Crippen molar-refractivity contribution in [3.05, 3.63) is 71.5 Å². The number of nitrogens with one attached hydrogen (secondary N) is 2. The molecule has 0 amide bonds. The van der Waals surface area contributed by atoms with E-state index in [1.165, 1.54) is 11.1 Å². The summed E-state index contributed by atoms with van der Waals surface area (Å²) < 4.78 is 6.06. The van der Waals surface area contributed by atoms with Crippen LogP contribution in [0, 0.1) is 5.41 Å². The van der Waals surface area contributed by atoms with E-state index >= 15 is 0 Å². The number of dihydropyridines is 1. The fourth-order valence-corrected chi connectivity index (χ4v) is 5.50. The van der Waals surface area contributed by atoms with Gasteiger partial charge in [-0.15, -0.1) is 0 Å². The molecule has 0 bridgehead atoms. The van der Waals surface area contributed by atoms with E-state index in [9.17, 15) is 0 Å². The standard InChI is InChI=1S/C24H31N5O/c1-17(21-9-13-26-28-21)20-8-5-10-24(27-20,30-2)29-14-11-23(12-15-29)16-18-6-3-4-7-19(18)22(23)25/h3-8,10,22,26-27H,1,9,11-16,25H2,2H3/t22?,24-/m0/s1. The van der Waals surface area contributed by atoms with Crippen LogP contribution in [0.15, 0.2) is 65.4 Å². The fraction of sp³-hybridized carbons (Fsp3) is 0.458. The average Bonchev–Trinajstić information content (AvgIpc) is 3.42. The number of hydrogen-bond acceptors (Lipinski definition) is 6. The number of likely N-dealkylation sites (tertiary alicyclic amines) is 1. The summed E-state index contributed by atoms with van der Waals surface area (Å²) in [4.78, 5) is 2.39. The summed E-state index contributed by atoms with van der Waals surface area (Å²) in [6.45, 7) is 6.99. The van der Waals surface area contributed by atoms with Gasteiger partial charge in [0.1, 0.15) is 0 Å². The summed E-state index contributed by atoms with van der Waals surface area (Å²) in [5.41, 5.74) is 15.6. The number of nitrogens with two attached hydrogens (primary N) is 1. The van der Waals surface area contributed by atoms with Crippen LogP contribution in [0.5, 0.6) is 0 Å². The lowest BCUT2D eigenvalue weighted by Crippen LogP contribution is -2.62. The van der Waals surface area contributed by atoms with Crippen molar-refractivity contribution < 1.29 is 4.74 Å². The van der Waals surface area contributed by atoms with E-state index in [1.807, 2.05) is 0 Å². The average molecular weight is 406 g/mol. The van der Waals surface area contributed by atoms with E-state index in [1.54, 1.807) is 7.11 Å². The van der Waals surface area contributed by atoms with Gasteiger partial charge in [0.2, 0.25) is 5.85 Å². The summed E-state index contributed by atoms with van der Waals surface area (Å²) >= 11 is 0. The second kappa shape index (κ2) is 7.38. The smallest absolute Gasteiger partial charge is 0.218 e. The van der Waals surface area contributed by atoms with Crippen LogP contribution in [0.1, 0.15) is 36.4 Å². The maximum absolute atomic E-state index is 6.76. The van der Waals surface area contributed by atoms with Gasteiger partial charge in [-0.25, -0.2) is 0 Å². The molecule has 158 valence electrons. The molecule has 30 heavy (non-hydrogen) atoms. The molecule has 1 aromatic rings. The molecule has 3 heterocycles. The number of allylic oxidation sites excluding steroid dienone is 3. The minimum atomic E-state index is -0.670. The van der Waals surface area contributed by atoms with Gasteiger partial charge in [-0.2, -0.15) is 5.10 Å². The van der Waals surface area contributed by atoms with Crippen molar-refractivity contribution in [3.8, 4) is 0 Å². The van der Waals surface area contributed by atoms with E-state index in [2.05, 4.69) is 69.8 Å². The lowest BCUT2D eigenvalue weighted by molar-refractivity contribution is -0.136. The Morgan fingerprint density at radius 3 is 2.80 bits per heavy atom. The molecule has 3 aliphatic heterocycles. The van der Waals surface area contributed by atoms with Gasteiger partial charge in [0.15, 0.2) is 0 Å². The molecule has 1 spiro atoms. The first kappa shape index (κ1) is 19.5. The number of fused-ring (bicyclic) bond motifs is 1. The zero-order chi connectivity index (χ0) is 20.8. The van der Waals surface area contributed by atoms with Crippen molar-refractivity contribution in [2.75, 3.05) is 26.7 Å². The summed E-state index contributed by atoms with van der Waals surface area (Å²) in [6.07, 6.45) is 10.3. The van der Waals surface area contributed by atoms with E-state index < -0.39 is 5.85 Å². The van der Waals surface area contributed by atoms with Gasteiger partial charge in [0, 0.05) is 50.5 Å². The minimum absolute atomic E-state index is 0.118. The van der Waals surface area contributed by atoms with Gasteiger partial charge < -0.3 is 21.2 Å². The first-order valence-electron chi connectivity index (χ1n) is 10.9. The zero-order valence-corrected chi connectivity index (χ0v) is 17.7. The molecule has 0 aromatic heterocycles. The summed E-state index contributed by atoms with van der Waals surface area (Å²) in [7, 11) is 1.76. The molecule has 0 radical (unpaired) electrons. The Morgan fingerprint density at radius 2 is 2.10 bits per heavy atom. The molecule has 2 atom stereocenters. The van der Waals surface area contributed by atoms with E-state index in [-0.39, 0.29) is 11.5 Å². The number of hydrogen-bond donors (Lipinski definition) is 3. The third-order valence-electron chi connectivity index (χ3n) is 7.39. The maximum atomic E-state index is 6.76. The van der Waals surface area contributed by atoms with Crippen LogP contribution >= 0.6 is 0 Å². The van der Waals surface area contributed by atoms with Crippen LogP contribution in [0.4, 0.5) is 0 Å². The van der Waals surface area contributed by atoms with Crippen LogP contribution < -0.4 is 16.5 Å². The molecule has 6 nitrogen and oxygen atoms in total. The highest BCUT2D eigenvalue weighted by Crippen LogP contribution is 2.51. The highest BCUT2D eigenvalue weighted by atomic mass is 16.5. The number of rotatable bonds is 4. The summed E-state index contributed by atoms with van der Waals surface area (Å²) in [5, 5.41) is 7.98. The maximum Gasteiger partial charge on any atom is 0.218 e. The topological polar surface area (TPSA) is 74.9 Å². The SMILES string of the molecule is C=C(C1=CC=C[C@@](OC)(N2CCC3(CC2)Cc2ccccc2C3N)N1)C1=NNCC1.